The van der Waals surface area contributed by atoms with Crippen molar-refractivity contribution in [1.82, 2.24) is 0 Å². The molecule has 1 aromatic rings. The maximum Gasteiger partial charge on any atom is 0.335 e. The Morgan fingerprint density at radius 1 is 0.622 bits per heavy atom. The summed E-state index contributed by atoms with van der Waals surface area (Å²) in [5, 5.41) is 8.92. The molecule has 0 atom stereocenters. The van der Waals surface area contributed by atoms with Gasteiger partial charge in [0.05, 0.1) is 39.4 Å². The van der Waals surface area contributed by atoms with Crippen molar-refractivity contribution in [1.29, 1.82) is 0 Å². The van der Waals surface area contributed by atoms with Crippen LogP contribution >= 0.6 is 0 Å². The van der Waals surface area contributed by atoms with Crippen LogP contribution in [-0.2, 0) is 0 Å². The van der Waals surface area contributed by atoms with Crippen LogP contribution in [-0.4, -0.2) is 49.4 Å². The third-order valence-electron chi connectivity index (χ3n) is 7.64. The van der Waals surface area contributed by atoms with Crippen LogP contribution in [0, 0.1) is 0 Å². The molecule has 37 heavy (non-hydrogen) atoms. The molecule has 0 saturated carbocycles. The van der Waals surface area contributed by atoms with Crippen molar-refractivity contribution in [3.63, 3.8) is 0 Å². The standard InChI is InChI=1S/C33H59NO3/c1-4-5-6-7-8-9-12-15-18-21-28-34(2,3)29-22-19-16-13-10-11-14-17-20-23-30-37-32-26-24-31(25-27-32)33(35)36/h24-27H,4-23,28-30H2,1-3H3/p+1. The number of rotatable bonds is 26. The van der Waals surface area contributed by atoms with Gasteiger partial charge >= 0.3 is 5.97 Å². The zero-order valence-corrected chi connectivity index (χ0v) is 24.8. The van der Waals surface area contributed by atoms with Crippen molar-refractivity contribution in [2.24, 2.45) is 0 Å². The van der Waals surface area contributed by atoms with Crippen molar-refractivity contribution in [3.05, 3.63) is 29.8 Å². The van der Waals surface area contributed by atoms with Crippen LogP contribution in [0.5, 0.6) is 5.75 Å². The zero-order valence-electron chi connectivity index (χ0n) is 24.8. The van der Waals surface area contributed by atoms with E-state index in [2.05, 4.69) is 21.0 Å². The first kappa shape index (κ1) is 33.5. The molecule has 0 spiro atoms. The monoisotopic (exact) mass is 518 g/mol. The van der Waals surface area contributed by atoms with E-state index in [9.17, 15) is 4.79 Å². The summed E-state index contributed by atoms with van der Waals surface area (Å²) >= 11 is 0. The lowest BCUT2D eigenvalue weighted by atomic mass is 10.1. The minimum atomic E-state index is -0.899. The second-order valence-electron chi connectivity index (χ2n) is 11.8. The third kappa shape index (κ3) is 20.1. The third-order valence-corrected chi connectivity index (χ3v) is 7.64. The summed E-state index contributed by atoms with van der Waals surface area (Å²) < 4.78 is 6.91. The van der Waals surface area contributed by atoms with Gasteiger partial charge in [-0.1, -0.05) is 103 Å². The van der Waals surface area contributed by atoms with Gasteiger partial charge in [0.2, 0.25) is 0 Å². The first-order valence-electron chi connectivity index (χ1n) is 15.7. The number of aromatic carboxylic acids is 1. The quantitative estimate of drug-likeness (QED) is 0.0980. The van der Waals surface area contributed by atoms with E-state index in [0.29, 0.717) is 12.2 Å². The predicted octanol–water partition coefficient (Wildman–Crippen LogP) is 9.66. The molecule has 0 radical (unpaired) electrons. The second-order valence-corrected chi connectivity index (χ2v) is 11.8. The lowest BCUT2D eigenvalue weighted by Gasteiger charge is -2.30. The van der Waals surface area contributed by atoms with E-state index in [1.165, 1.54) is 140 Å². The summed E-state index contributed by atoms with van der Waals surface area (Å²) in [6, 6.07) is 6.67. The largest absolute Gasteiger partial charge is 0.494 e. The topological polar surface area (TPSA) is 46.5 Å². The molecule has 0 aliphatic carbocycles. The highest BCUT2D eigenvalue weighted by atomic mass is 16.5. The van der Waals surface area contributed by atoms with Gasteiger partial charge in [-0.15, -0.1) is 0 Å². The number of quaternary nitrogens is 1. The number of carboxylic acids is 1. The van der Waals surface area contributed by atoms with E-state index in [-0.39, 0.29) is 0 Å². The Labute approximate surface area is 229 Å². The number of unbranched alkanes of at least 4 members (excludes halogenated alkanes) is 18. The SMILES string of the molecule is CCCCCCCCCCCC[N+](C)(C)CCCCCCCCCCCCOc1ccc(C(=O)O)cc1. The summed E-state index contributed by atoms with van der Waals surface area (Å²) in [7, 11) is 4.85. The molecular formula is C33H60NO3+. The number of carbonyl (C=O) groups is 1. The van der Waals surface area contributed by atoms with Gasteiger partial charge in [0.1, 0.15) is 5.75 Å². The van der Waals surface area contributed by atoms with Crippen LogP contribution < -0.4 is 4.74 Å². The Morgan fingerprint density at radius 2 is 1.00 bits per heavy atom. The van der Waals surface area contributed by atoms with Crippen molar-refractivity contribution in [2.75, 3.05) is 33.8 Å². The molecule has 0 aliphatic rings. The van der Waals surface area contributed by atoms with Crippen LogP contribution in [0.4, 0.5) is 0 Å². The molecule has 214 valence electrons. The Morgan fingerprint density at radius 3 is 1.41 bits per heavy atom. The highest BCUT2D eigenvalue weighted by Crippen LogP contribution is 2.15. The molecule has 0 unspecified atom stereocenters. The van der Waals surface area contributed by atoms with Gasteiger partial charge in [0, 0.05) is 0 Å². The molecule has 0 heterocycles. The molecule has 1 N–H and O–H groups in total. The number of hydrogen-bond donors (Lipinski definition) is 1. The Balaban J connectivity index is 1.83. The Kier molecular flexibility index (Phi) is 20.3. The van der Waals surface area contributed by atoms with Crippen LogP contribution in [0.1, 0.15) is 146 Å². The molecule has 1 rings (SSSR count). The molecule has 1 aromatic carbocycles. The summed E-state index contributed by atoms with van der Waals surface area (Å²) in [5.41, 5.74) is 0.301. The lowest BCUT2D eigenvalue weighted by molar-refractivity contribution is -0.890. The normalized spacial score (nSPS) is 11.6. The smallest absolute Gasteiger partial charge is 0.335 e. The fourth-order valence-corrected chi connectivity index (χ4v) is 5.08. The Hall–Kier alpha value is -1.55. The summed E-state index contributed by atoms with van der Waals surface area (Å²) in [6.45, 7) is 5.68. The lowest BCUT2D eigenvalue weighted by Crippen LogP contribution is -2.41. The molecule has 0 amide bonds. The maximum atomic E-state index is 10.9. The number of carboxylic acid groups (broad SMARTS) is 1. The molecule has 0 bridgehead atoms. The van der Waals surface area contributed by atoms with Crippen molar-refractivity contribution in [3.8, 4) is 5.75 Å². The maximum absolute atomic E-state index is 10.9. The highest BCUT2D eigenvalue weighted by Gasteiger charge is 2.13. The van der Waals surface area contributed by atoms with Gasteiger partial charge in [0.15, 0.2) is 0 Å². The van der Waals surface area contributed by atoms with Gasteiger partial charge in [0.25, 0.3) is 0 Å². The van der Waals surface area contributed by atoms with Crippen molar-refractivity contribution < 1.29 is 19.1 Å². The molecule has 0 aromatic heterocycles. The molecule has 4 heteroatoms. The number of benzene rings is 1. The minimum Gasteiger partial charge on any atom is -0.494 e. The molecule has 0 aliphatic heterocycles. The average Bonchev–Trinajstić information content (AvgIpc) is 2.88. The number of ether oxygens (including phenoxy) is 1. The van der Waals surface area contributed by atoms with Crippen LogP contribution in [0.3, 0.4) is 0 Å². The van der Waals surface area contributed by atoms with Crippen LogP contribution in [0.2, 0.25) is 0 Å². The summed E-state index contributed by atoms with van der Waals surface area (Å²) in [4.78, 5) is 10.9. The first-order valence-corrected chi connectivity index (χ1v) is 15.7. The van der Waals surface area contributed by atoms with Crippen LogP contribution in [0.15, 0.2) is 24.3 Å². The summed E-state index contributed by atoms with van der Waals surface area (Å²) in [6.07, 6.45) is 27.4. The zero-order chi connectivity index (χ0) is 27.0. The van der Waals surface area contributed by atoms with Crippen molar-refractivity contribution >= 4 is 5.97 Å². The molecule has 0 fully saturated rings. The van der Waals surface area contributed by atoms with E-state index in [1.54, 1.807) is 24.3 Å². The highest BCUT2D eigenvalue weighted by molar-refractivity contribution is 5.87. The number of hydrogen-bond acceptors (Lipinski definition) is 2. The van der Waals surface area contributed by atoms with E-state index in [1.807, 2.05) is 0 Å². The second kappa shape index (κ2) is 22.4. The van der Waals surface area contributed by atoms with Gasteiger partial charge in [-0.2, -0.15) is 0 Å². The van der Waals surface area contributed by atoms with Crippen molar-refractivity contribution in [2.45, 2.75) is 135 Å². The van der Waals surface area contributed by atoms with E-state index in [0.717, 1.165) is 12.2 Å². The first-order chi connectivity index (χ1) is 17.9. The van der Waals surface area contributed by atoms with E-state index < -0.39 is 5.97 Å². The van der Waals surface area contributed by atoms with Gasteiger partial charge < -0.3 is 14.3 Å². The summed E-state index contributed by atoms with van der Waals surface area (Å²) in [5.74, 6) is -0.143. The predicted molar refractivity (Wildman–Crippen MR) is 159 cm³/mol. The van der Waals surface area contributed by atoms with E-state index in [4.69, 9.17) is 9.84 Å². The molecule has 4 nitrogen and oxygen atoms in total. The van der Waals surface area contributed by atoms with Gasteiger partial charge in [-0.05, 0) is 56.4 Å². The van der Waals surface area contributed by atoms with Gasteiger partial charge in [-0.25, -0.2) is 4.79 Å². The fourth-order valence-electron chi connectivity index (χ4n) is 5.08. The fraction of sp³-hybridized carbons (Fsp3) is 0.788. The Bertz CT molecular complexity index is 656. The number of nitrogens with zero attached hydrogens (tertiary/aromatic N) is 1. The molecule has 0 saturated heterocycles. The molecular weight excluding hydrogens is 458 g/mol. The minimum absolute atomic E-state index is 0.301. The van der Waals surface area contributed by atoms with Crippen LogP contribution in [0.25, 0.3) is 0 Å². The average molecular weight is 519 g/mol. The van der Waals surface area contributed by atoms with E-state index >= 15 is 0 Å². The van der Waals surface area contributed by atoms with Gasteiger partial charge in [-0.3, -0.25) is 0 Å².